The van der Waals surface area contributed by atoms with Gasteiger partial charge in [-0.3, -0.25) is 14.9 Å². The smallest absolute Gasteiger partial charge is 0.277 e. The normalized spacial score (nSPS) is 10.5. The molecule has 2 rings (SSSR count). The number of nitro groups is 1. The Labute approximate surface area is 141 Å². The van der Waals surface area contributed by atoms with Gasteiger partial charge in [0.25, 0.3) is 11.6 Å². The molecule has 1 N–H and O–H groups in total. The van der Waals surface area contributed by atoms with Crippen molar-refractivity contribution >= 4 is 29.4 Å². The van der Waals surface area contributed by atoms with Crippen molar-refractivity contribution in [2.24, 2.45) is 5.10 Å². The Morgan fingerprint density at radius 3 is 2.75 bits per heavy atom. The first-order valence-electron chi connectivity index (χ1n) is 6.62. The summed E-state index contributed by atoms with van der Waals surface area (Å²) in [5.41, 5.74) is 1.57. The molecule has 0 bridgehead atoms. The second kappa shape index (κ2) is 7.93. The third kappa shape index (κ3) is 4.43. The number of benzene rings is 2. The van der Waals surface area contributed by atoms with Gasteiger partial charge in [0, 0.05) is 6.07 Å². The largest absolute Gasteiger partial charge is 0.867 e. The second-order valence-corrected chi connectivity index (χ2v) is 4.87. The first-order chi connectivity index (χ1) is 11.5. The van der Waals surface area contributed by atoms with Crippen molar-refractivity contribution in [1.29, 1.82) is 0 Å². The van der Waals surface area contributed by atoms with E-state index in [4.69, 9.17) is 16.3 Å². The number of hydrazone groups is 1. The predicted molar refractivity (Wildman–Crippen MR) is 85.2 cm³/mol. The van der Waals surface area contributed by atoms with Crippen molar-refractivity contribution in [3.8, 4) is 11.5 Å². The Balaban J connectivity index is 1.92. The van der Waals surface area contributed by atoms with E-state index < -0.39 is 22.3 Å². The molecule has 0 spiro atoms. The molecule has 2 aromatic rings. The van der Waals surface area contributed by atoms with Crippen LogP contribution < -0.4 is 15.3 Å². The molecule has 0 unspecified atom stereocenters. The molecule has 124 valence electrons. The van der Waals surface area contributed by atoms with Crippen LogP contribution in [0.4, 0.5) is 5.69 Å². The van der Waals surface area contributed by atoms with Crippen LogP contribution in [0.25, 0.3) is 0 Å². The van der Waals surface area contributed by atoms with Crippen molar-refractivity contribution in [3.63, 3.8) is 0 Å². The summed E-state index contributed by atoms with van der Waals surface area (Å²) in [5.74, 6) is -1.02. The fourth-order valence-electron chi connectivity index (χ4n) is 1.70. The maximum Gasteiger partial charge on any atom is 0.277 e. The fraction of sp³-hybridized carbons (Fsp3) is 0.0667. The first-order valence-corrected chi connectivity index (χ1v) is 7.00. The Bertz CT molecular complexity index is 794. The van der Waals surface area contributed by atoms with Gasteiger partial charge in [-0.1, -0.05) is 35.9 Å². The number of nitro benzene ring substituents is 1. The minimum atomic E-state index is -0.784. The number of carbonyl (C=O) groups is 1. The van der Waals surface area contributed by atoms with E-state index in [1.165, 1.54) is 12.1 Å². The number of carbonyl (C=O) groups excluding carboxylic acids is 1. The Hall–Kier alpha value is -3.13. The molecular weight excluding hydrogens is 338 g/mol. The summed E-state index contributed by atoms with van der Waals surface area (Å²) in [6, 6.07) is 10.4. The van der Waals surface area contributed by atoms with Gasteiger partial charge in [0.15, 0.2) is 6.61 Å². The van der Waals surface area contributed by atoms with Crippen LogP contribution in [-0.4, -0.2) is 23.7 Å². The minimum Gasteiger partial charge on any atom is -0.867 e. The number of para-hydroxylation sites is 2. The van der Waals surface area contributed by atoms with Gasteiger partial charge < -0.3 is 9.84 Å². The highest BCUT2D eigenvalue weighted by atomic mass is 35.5. The number of nitrogens with one attached hydrogen (secondary N) is 1. The zero-order valence-corrected chi connectivity index (χ0v) is 12.9. The Kier molecular flexibility index (Phi) is 5.69. The molecule has 1 amide bonds. The lowest BCUT2D eigenvalue weighted by atomic mass is 10.2. The van der Waals surface area contributed by atoms with Crippen molar-refractivity contribution in [2.75, 3.05) is 6.61 Å². The van der Waals surface area contributed by atoms with Crippen molar-refractivity contribution in [1.82, 2.24) is 5.43 Å². The summed E-state index contributed by atoms with van der Waals surface area (Å²) in [7, 11) is 0. The standard InChI is InChI=1S/C15H12ClN3O5/c16-11-5-1-2-7-13(11)24-9-14(20)18-17-8-10-4-3-6-12(15(10)21)19(22)23/h1-8,21H,9H2,(H,18,20)/p-1/b17-8-. The summed E-state index contributed by atoms with van der Waals surface area (Å²) < 4.78 is 5.21. The maximum absolute atomic E-state index is 11.7. The molecular formula is C15H11ClN3O5-. The molecule has 0 heterocycles. The minimum absolute atomic E-state index is 0.0171. The number of nitrogens with zero attached hydrogens (tertiary/aromatic N) is 2. The molecule has 0 aliphatic carbocycles. The lowest BCUT2D eigenvalue weighted by Gasteiger charge is -2.09. The topological polar surface area (TPSA) is 117 Å². The van der Waals surface area contributed by atoms with Crippen molar-refractivity contribution in [2.45, 2.75) is 0 Å². The highest BCUT2D eigenvalue weighted by Crippen LogP contribution is 2.25. The summed E-state index contributed by atoms with van der Waals surface area (Å²) in [5, 5.41) is 26.4. The molecule has 0 aliphatic rings. The van der Waals surface area contributed by atoms with Crippen LogP contribution in [-0.2, 0) is 4.79 Å². The van der Waals surface area contributed by atoms with Gasteiger partial charge in [-0.2, -0.15) is 5.10 Å². The summed E-state index contributed by atoms with van der Waals surface area (Å²) in [6.45, 7) is -0.333. The molecule has 9 heteroatoms. The van der Waals surface area contributed by atoms with Crippen LogP contribution in [0.2, 0.25) is 5.02 Å². The fourth-order valence-corrected chi connectivity index (χ4v) is 1.89. The zero-order chi connectivity index (χ0) is 17.5. The molecule has 0 aromatic heterocycles. The summed E-state index contributed by atoms with van der Waals surface area (Å²) in [6.07, 6.45) is 1.03. The van der Waals surface area contributed by atoms with Gasteiger partial charge in [-0.25, -0.2) is 5.43 Å². The quantitative estimate of drug-likeness (QED) is 0.485. The molecule has 0 saturated heterocycles. The number of ether oxygens (including phenoxy) is 1. The molecule has 2 aromatic carbocycles. The second-order valence-electron chi connectivity index (χ2n) is 4.46. The number of hydrogen-bond donors (Lipinski definition) is 1. The Morgan fingerprint density at radius 2 is 2.04 bits per heavy atom. The average molecular weight is 349 g/mol. The van der Waals surface area contributed by atoms with Crippen LogP contribution in [0.15, 0.2) is 47.6 Å². The number of rotatable bonds is 6. The van der Waals surface area contributed by atoms with Gasteiger partial charge in [0.1, 0.15) is 5.75 Å². The van der Waals surface area contributed by atoms with Gasteiger partial charge in [0.2, 0.25) is 0 Å². The zero-order valence-electron chi connectivity index (χ0n) is 12.1. The molecule has 0 aliphatic heterocycles. The van der Waals surface area contributed by atoms with E-state index >= 15 is 0 Å². The van der Waals surface area contributed by atoms with E-state index in [1.807, 2.05) is 0 Å². The van der Waals surface area contributed by atoms with Crippen LogP contribution in [0, 0.1) is 10.1 Å². The number of halogens is 1. The SMILES string of the molecule is O=C(COc1ccccc1Cl)N/N=C\c1cccc([N+](=O)[O-])c1[O-]. The molecule has 0 atom stereocenters. The van der Waals surface area contributed by atoms with Gasteiger partial charge in [-0.15, -0.1) is 0 Å². The van der Waals surface area contributed by atoms with E-state index in [0.29, 0.717) is 10.8 Å². The molecule has 8 nitrogen and oxygen atoms in total. The summed E-state index contributed by atoms with van der Waals surface area (Å²) >= 11 is 5.87. The van der Waals surface area contributed by atoms with Crippen LogP contribution in [0.5, 0.6) is 11.5 Å². The predicted octanol–water partition coefficient (Wildman–Crippen LogP) is 1.85. The molecule has 0 fully saturated rings. The van der Waals surface area contributed by atoms with Gasteiger partial charge in [0.05, 0.1) is 16.2 Å². The van der Waals surface area contributed by atoms with Gasteiger partial charge >= 0.3 is 0 Å². The Morgan fingerprint density at radius 1 is 1.29 bits per heavy atom. The van der Waals surface area contributed by atoms with Crippen molar-refractivity contribution < 1.29 is 19.6 Å². The van der Waals surface area contributed by atoms with Gasteiger partial charge in [-0.05, 0) is 23.4 Å². The van der Waals surface area contributed by atoms with E-state index in [-0.39, 0.29) is 12.2 Å². The van der Waals surface area contributed by atoms with Crippen LogP contribution in [0.1, 0.15) is 5.56 Å². The van der Waals surface area contributed by atoms with Crippen LogP contribution in [0.3, 0.4) is 0 Å². The lowest BCUT2D eigenvalue weighted by molar-refractivity contribution is -0.398. The highest BCUT2D eigenvalue weighted by Gasteiger charge is 2.08. The monoisotopic (exact) mass is 348 g/mol. The first kappa shape index (κ1) is 17.2. The van der Waals surface area contributed by atoms with E-state index in [9.17, 15) is 20.0 Å². The molecule has 24 heavy (non-hydrogen) atoms. The maximum atomic E-state index is 11.7. The van der Waals surface area contributed by atoms with E-state index in [2.05, 4.69) is 10.5 Å². The molecule has 0 radical (unpaired) electrons. The average Bonchev–Trinajstić information content (AvgIpc) is 2.55. The summed E-state index contributed by atoms with van der Waals surface area (Å²) in [4.78, 5) is 21.5. The lowest BCUT2D eigenvalue weighted by Crippen LogP contribution is -2.24. The number of amides is 1. The third-order valence-electron chi connectivity index (χ3n) is 2.81. The van der Waals surface area contributed by atoms with Crippen LogP contribution >= 0.6 is 11.6 Å². The van der Waals surface area contributed by atoms with E-state index in [0.717, 1.165) is 12.3 Å². The highest BCUT2D eigenvalue weighted by molar-refractivity contribution is 6.32. The van der Waals surface area contributed by atoms with E-state index in [1.54, 1.807) is 24.3 Å². The molecule has 0 saturated carbocycles. The third-order valence-corrected chi connectivity index (χ3v) is 3.12. The number of hydrogen-bond acceptors (Lipinski definition) is 6. The van der Waals surface area contributed by atoms with Crippen molar-refractivity contribution in [3.05, 3.63) is 63.2 Å².